The summed E-state index contributed by atoms with van der Waals surface area (Å²) in [5.74, 6) is 0.531. The number of rotatable bonds is 8. The second-order valence-corrected chi connectivity index (χ2v) is 10.7. The first-order valence-electron chi connectivity index (χ1n) is 9.18. The fraction of sp³-hybridized carbons (Fsp3) is 0.647. The number of nitrogens with zero attached hydrogens (tertiary/aromatic N) is 2. The minimum absolute atomic E-state index is 0.0741. The number of hydrogen-bond donors (Lipinski definition) is 1. The number of morpholine rings is 1. The third kappa shape index (κ3) is 4.43. The molecule has 158 valence electrons. The van der Waals surface area contributed by atoms with E-state index in [-0.39, 0.29) is 35.5 Å². The maximum atomic E-state index is 13.0. The molecule has 0 unspecified atom stereocenters. The smallest absolute Gasteiger partial charge is 0.301 e. The SMILES string of the molecule is COc1ccc(NS(=O)(=O)N(C)[C@H](C)C2CC2)cc1S(=O)(=O)N1CCOCC1. The molecule has 1 aliphatic carbocycles. The number of methoxy groups -OCH3 is 1. The van der Waals surface area contributed by atoms with E-state index >= 15 is 0 Å². The zero-order valence-electron chi connectivity index (χ0n) is 16.3. The van der Waals surface area contributed by atoms with Crippen LogP contribution in [0.3, 0.4) is 0 Å². The number of sulfonamides is 1. The van der Waals surface area contributed by atoms with E-state index in [2.05, 4.69) is 4.72 Å². The summed E-state index contributed by atoms with van der Waals surface area (Å²) < 4.78 is 67.0. The molecule has 1 N–H and O–H groups in total. The van der Waals surface area contributed by atoms with Crippen molar-refractivity contribution in [2.24, 2.45) is 5.92 Å². The number of ether oxygens (including phenoxy) is 2. The highest BCUT2D eigenvalue weighted by Crippen LogP contribution is 2.36. The van der Waals surface area contributed by atoms with Gasteiger partial charge in [0, 0.05) is 26.2 Å². The first kappa shape index (κ1) is 21.3. The molecule has 3 rings (SSSR count). The van der Waals surface area contributed by atoms with Crippen LogP contribution in [-0.2, 0) is 25.0 Å². The predicted octanol–water partition coefficient (Wildman–Crippen LogP) is 1.10. The van der Waals surface area contributed by atoms with Gasteiger partial charge >= 0.3 is 10.2 Å². The van der Waals surface area contributed by atoms with E-state index in [1.165, 1.54) is 41.0 Å². The molecule has 1 aliphatic heterocycles. The van der Waals surface area contributed by atoms with Crippen LogP contribution in [0.1, 0.15) is 19.8 Å². The van der Waals surface area contributed by atoms with Gasteiger partial charge in [-0.1, -0.05) is 0 Å². The summed E-state index contributed by atoms with van der Waals surface area (Å²) >= 11 is 0. The van der Waals surface area contributed by atoms with Crippen LogP contribution in [0.4, 0.5) is 5.69 Å². The van der Waals surface area contributed by atoms with Crippen molar-refractivity contribution in [3.05, 3.63) is 18.2 Å². The molecule has 1 aromatic rings. The lowest BCUT2D eigenvalue weighted by Crippen LogP contribution is -2.41. The van der Waals surface area contributed by atoms with E-state index in [0.717, 1.165) is 12.8 Å². The Balaban J connectivity index is 1.88. The van der Waals surface area contributed by atoms with E-state index in [4.69, 9.17) is 9.47 Å². The van der Waals surface area contributed by atoms with Crippen LogP contribution in [-0.4, -0.2) is 71.9 Å². The topological polar surface area (TPSA) is 105 Å². The van der Waals surface area contributed by atoms with Gasteiger partial charge in [-0.05, 0) is 43.9 Å². The summed E-state index contributed by atoms with van der Waals surface area (Å²) in [7, 11) is -4.75. The van der Waals surface area contributed by atoms with Crippen molar-refractivity contribution < 1.29 is 26.3 Å². The number of benzene rings is 1. The molecule has 1 atom stereocenters. The minimum atomic E-state index is -3.84. The zero-order chi connectivity index (χ0) is 20.5. The first-order valence-corrected chi connectivity index (χ1v) is 12.1. The van der Waals surface area contributed by atoms with Crippen molar-refractivity contribution in [1.29, 1.82) is 0 Å². The lowest BCUT2D eigenvalue weighted by atomic mass is 10.2. The Morgan fingerprint density at radius 1 is 1.21 bits per heavy atom. The van der Waals surface area contributed by atoms with Crippen LogP contribution in [0.2, 0.25) is 0 Å². The van der Waals surface area contributed by atoms with Crippen molar-refractivity contribution in [3.63, 3.8) is 0 Å². The Morgan fingerprint density at radius 2 is 1.86 bits per heavy atom. The molecule has 1 aromatic carbocycles. The highest BCUT2D eigenvalue weighted by atomic mass is 32.2. The van der Waals surface area contributed by atoms with Gasteiger partial charge in [0.15, 0.2) is 0 Å². The molecule has 2 fully saturated rings. The highest BCUT2D eigenvalue weighted by molar-refractivity contribution is 7.90. The molecule has 1 saturated heterocycles. The minimum Gasteiger partial charge on any atom is -0.495 e. The lowest BCUT2D eigenvalue weighted by molar-refractivity contribution is 0.0729. The van der Waals surface area contributed by atoms with Crippen molar-refractivity contribution in [2.75, 3.05) is 45.2 Å². The lowest BCUT2D eigenvalue weighted by Gasteiger charge is -2.27. The Kier molecular flexibility index (Phi) is 6.20. The molecule has 1 saturated carbocycles. The summed E-state index contributed by atoms with van der Waals surface area (Å²) in [5.41, 5.74) is 0.169. The van der Waals surface area contributed by atoms with Gasteiger partial charge in [0.25, 0.3) is 0 Å². The molecular weight excluding hydrogens is 406 g/mol. The molecule has 0 radical (unpaired) electrons. The summed E-state index contributed by atoms with van der Waals surface area (Å²) in [4.78, 5) is -0.0741. The molecule has 9 nitrogen and oxygen atoms in total. The summed E-state index contributed by atoms with van der Waals surface area (Å²) in [6, 6.07) is 4.13. The van der Waals surface area contributed by atoms with Crippen LogP contribution in [0.15, 0.2) is 23.1 Å². The Hall–Kier alpha value is -1.40. The molecule has 0 bridgehead atoms. The standard InChI is InChI=1S/C17H27N3O6S2/c1-13(14-4-5-14)19(2)28(23,24)18-15-6-7-16(25-3)17(12-15)27(21,22)20-8-10-26-11-9-20/h6-7,12-14,18H,4-5,8-11H2,1-3H3/t13-/m1/s1. The normalized spacial score (nSPS) is 20.1. The van der Waals surface area contributed by atoms with Gasteiger partial charge in [-0.25, -0.2) is 8.42 Å². The number of hydrogen-bond acceptors (Lipinski definition) is 6. The third-order valence-electron chi connectivity index (χ3n) is 5.26. The molecule has 2 aliphatic rings. The number of anilines is 1. The average Bonchev–Trinajstić information content (AvgIpc) is 3.52. The van der Waals surface area contributed by atoms with Crippen LogP contribution in [0.5, 0.6) is 5.75 Å². The third-order valence-corrected chi connectivity index (χ3v) is 8.76. The van der Waals surface area contributed by atoms with Gasteiger partial charge in [-0.15, -0.1) is 0 Å². The Morgan fingerprint density at radius 3 is 2.43 bits per heavy atom. The largest absolute Gasteiger partial charge is 0.495 e. The van der Waals surface area contributed by atoms with E-state index in [1.54, 1.807) is 0 Å². The Bertz CT molecular complexity index is 909. The average molecular weight is 434 g/mol. The van der Waals surface area contributed by atoms with E-state index < -0.39 is 20.2 Å². The van der Waals surface area contributed by atoms with E-state index in [9.17, 15) is 16.8 Å². The van der Waals surface area contributed by atoms with Gasteiger partial charge < -0.3 is 9.47 Å². The summed E-state index contributed by atoms with van der Waals surface area (Å²) in [5, 5.41) is 0. The fourth-order valence-corrected chi connectivity index (χ4v) is 5.95. The van der Waals surface area contributed by atoms with Gasteiger partial charge in [0.2, 0.25) is 10.0 Å². The zero-order valence-corrected chi connectivity index (χ0v) is 17.9. The van der Waals surface area contributed by atoms with Crippen molar-refractivity contribution in [1.82, 2.24) is 8.61 Å². The van der Waals surface area contributed by atoms with Crippen molar-refractivity contribution in [3.8, 4) is 5.75 Å². The van der Waals surface area contributed by atoms with E-state index in [1.807, 2.05) is 6.92 Å². The predicted molar refractivity (Wildman–Crippen MR) is 105 cm³/mol. The summed E-state index contributed by atoms with van der Waals surface area (Å²) in [6.45, 7) is 2.99. The molecule has 11 heteroatoms. The molecule has 0 amide bonds. The first-order chi connectivity index (χ1) is 13.2. The number of nitrogens with one attached hydrogen (secondary N) is 1. The van der Waals surface area contributed by atoms with Crippen molar-refractivity contribution >= 4 is 25.9 Å². The van der Waals surface area contributed by atoms with E-state index in [0.29, 0.717) is 19.1 Å². The highest BCUT2D eigenvalue weighted by Gasteiger charge is 2.36. The van der Waals surface area contributed by atoms with Gasteiger partial charge in [-0.2, -0.15) is 17.0 Å². The Labute approximate surface area is 166 Å². The molecule has 28 heavy (non-hydrogen) atoms. The summed E-state index contributed by atoms with van der Waals surface area (Å²) in [6.07, 6.45) is 2.04. The van der Waals surface area contributed by atoms with Gasteiger partial charge in [-0.3, -0.25) is 4.72 Å². The van der Waals surface area contributed by atoms with Crippen molar-refractivity contribution in [2.45, 2.75) is 30.7 Å². The molecule has 0 spiro atoms. The van der Waals surface area contributed by atoms with Gasteiger partial charge in [0.1, 0.15) is 10.6 Å². The van der Waals surface area contributed by atoms with Crippen LogP contribution >= 0.6 is 0 Å². The molecule has 1 heterocycles. The fourth-order valence-electron chi connectivity index (χ4n) is 3.18. The maximum absolute atomic E-state index is 13.0. The quantitative estimate of drug-likeness (QED) is 0.658. The van der Waals surface area contributed by atoms with Crippen LogP contribution in [0, 0.1) is 5.92 Å². The van der Waals surface area contributed by atoms with Crippen LogP contribution in [0.25, 0.3) is 0 Å². The maximum Gasteiger partial charge on any atom is 0.301 e. The van der Waals surface area contributed by atoms with Crippen LogP contribution < -0.4 is 9.46 Å². The second-order valence-electron chi connectivity index (χ2n) is 7.08. The monoisotopic (exact) mass is 433 g/mol. The van der Waals surface area contributed by atoms with Gasteiger partial charge in [0.05, 0.1) is 26.0 Å². The molecular formula is C17H27N3O6S2. The second kappa shape index (κ2) is 8.15. The molecule has 0 aromatic heterocycles.